The summed E-state index contributed by atoms with van der Waals surface area (Å²) in [6, 6.07) is 4.55. The summed E-state index contributed by atoms with van der Waals surface area (Å²) in [5.41, 5.74) is 3.53. The number of aryl methyl sites for hydroxylation is 2. The normalized spacial score (nSPS) is 13.3. The van der Waals surface area contributed by atoms with Crippen molar-refractivity contribution >= 4 is 0 Å². The van der Waals surface area contributed by atoms with E-state index in [2.05, 4.69) is 52.1 Å². The molecule has 1 atom stereocenters. The molecule has 0 heterocycles. The van der Waals surface area contributed by atoms with Gasteiger partial charge in [0.15, 0.2) is 0 Å². The van der Waals surface area contributed by atoms with Gasteiger partial charge in [0.1, 0.15) is 5.75 Å². The second-order valence-corrected chi connectivity index (χ2v) is 5.65. The minimum absolute atomic E-state index is 0.179. The molecule has 3 nitrogen and oxygen atoms in total. The lowest BCUT2D eigenvalue weighted by Crippen LogP contribution is -2.45. The van der Waals surface area contributed by atoms with Crippen LogP contribution in [0.25, 0.3) is 0 Å². The molecule has 1 aromatic rings. The fraction of sp³-hybridized carbons (Fsp3) is 0.667. The summed E-state index contributed by atoms with van der Waals surface area (Å²) in [5.74, 6) is 0.947. The molecule has 0 amide bonds. The largest absolute Gasteiger partial charge is 0.496 e. The summed E-state index contributed by atoms with van der Waals surface area (Å²) in [5, 5.41) is 3.63. The Hall–Kier alpha value is -1.06. The topological polar surface area (TPSA) is 30.5 Å². The van der Waals surface area contributed by atoms with Gasteiger partial charge in [-0.15, -0.1) is 0 Å². The quantitative estimate of drug-likeness (QED) is 0.780. The maximum absolute atomic E-state index is 5.96. The molecule has 120 valence electrons. The number of nitrogens with one attached hydrogen (secondary N) is 1. The molecule has 0 spiro atoms. The molecular weight excluding hydrogens is 262 g/mol. The second kappa shape index (κ2) is 7.81. The zero-order valence-corrected chi connectivity index (χ0v) is 14.7. The molecule has 0 radical (unpaired) electrons. The van der Waals surface area contributed by atoms with E-state index >= 15 is 0 Å². The van der Waals surface area contributed by atoms with Crippen molar-refractivity contribution in [2.24, 2.45) is 0 Å². The number of hydrogen-bond acceptors (Lipinski definition) is 3. The molecule has 0 bridgehead atoms. The fourth-order valence-electron chi connectivity index (χ4n) is 3.19. The van der Waals surface area contributed by atoms with E-state index in [4.69, 9.17) is 9.47 Å². The van der Waals surface area contributed by atoms with Crippen LogP contribution in [0.4, 0.5) is 0 Å². The molecule has 0 saturated heterocycles. The van der Waals surface area contributed by atoms with Crippen molar-refractivity contribution in [1.82, 2.24) is 5.32 Å². The van der Waals surface area contributed by atoms with Gasteiger partial charge in [-0.3, -0.25) is 0 Å². The van der Waals surface area contributed by atoms with Crippen LogP contribution in [0.2, 0.25) is 0 Å². The average Bonchev–Trinajstić information content (AvgIpc) is 2.50. The van der Waals surface area contributed by atoms with E-state index in [1.165, 1.54) is 16.7 Å². The lowest BCUT2D eigenvalue weighted by atomic mass is 9.81. The molecule has 0 aliphatic heterocycles. The van der Waals surface area contributed by atoms with Gasteiger partial charge in [0.2, 0.25) is 0 Å². The molecule has 1 unspecified atom stereocenters. The molecule has 0 aromatic heterocycles. The van der Waals surface area contributed by atoms with Crippen molar-refractivity contribution in [3.05, 3.63) is 28.8 Å². The Morgan fingerprint density at radius 2 is 1.67 bits per heavy atom. The molecule has 0 fully saturated rings. The summed E-state index contributed by atoms with van der Waals surface area (Å²) in [6.45, 7) is 11.7. The summed E-state index contributed by atoms with van der Waals surface area (Å²) < 4.78 is 11.4. The van der Waals surface area contributed by atoms with E-state index in [9.17, 15) is 0 Å². The Kier molecular flexibility index (Phi) is 6.69. The Morgan fingerprint density at radius 3 is 2.10 bits per heavy atom. The predicted octanol–water partition coefficient (Wildman–Crippen LogP) is 4.17. The molecule has 1 aromatic carbocycles. The highest BCUT2D eigenvalue weighted by atomic mass is 16.5. The number of likely N-dealkylation sites (N-methyl/N-ethyl adjacent to an activating group) is 1. The minimum Gasteiger partial charge on any atom is -0.496 e. The third-order valence-corrected chi connectivity index (χ3v) is 4.63. The molecule has 0 aliphatic rings. The zero-order valence-electron chi connectivity index (χ0n) is 14.7. The third kappa shape index (κ3) is 3.58. The van der Waals surface area contributed by atoms with Crippen LogP contribution >= 0.6 is 0 Å². The zero-order chi connectivity index (χ0) is 16.0. The lowest BCUT2D eigenvalue weighted by Gasteiger charge is -2.40. The third-order valence-electron chi connectivity index (χ3n) is 4.63. The van der Waals surface area contributed by atoms with Crippen molar-refractivity contribution in [3.8, 4) is 5.75 Å². The van der Waals surface area contributed by atoms with Gasteiger partial charge in [-0.2, -0.15) is 0 Å². The molecular formula is C18H31NO2. The number of rotatable bonds is 8. The highest BCUT2D eigenvalue weighted by Gasteiger charge is 2.37. The summed E-state index contributed by atoms with van der Waals surface area (Å²) in [7, 11) is 3.55. The molecule has 3 heteroatoms. The van der Waals surface area contributed by atoms with Crippen LogP contribution in [0.1, 0.15) is 56.3 Å². The fourth-order valence-corrected chi connectivity index (χ4v) is 3.19. The maximum Gasteiger partial charge on any atom is 0.122 e. The van der Waals surface area contributed by atoms with E-state index in [1.807, 2.05) is 7.11 Å². The van der Waals surface area contributed by atoms with E-state index in [-0.39, 0.29) is 11.6 Å². The van der Waals surface area contributed by atoms with Gasteiger partial charge in [-0.25, -0.2) is 0 Å². The molecule has 21 heavy (non-hydrogen) atoms. The van der Waals surface area contributed by atoms with Crippen LogP contribution < -0.4 is 10.1 Å². The SMILES string of the molecule is CCNC(c1cc(C)c(OC)cc1C)C(CC)(CC)OC. The first-order valence-electron chi connectivity index (χ1n) is 7.93. The van der Waals surface area contributed by atoms with Crippen molar-refractivity contribution < 1.29 is 9.47 Å². The van der Waals surface area contributed by atoms with Crippen molar-refractivity contribution in [1.29, 1.82) is 0 Å². The lowest BCUT2D eigenvalue weighted by molar-refractivity contribution is -0.0484. The number of ether oxygens (including phenoxy) is 2. The first-order valence-corrected chi connectivity index (χ1v) is 7.93. The highest BCUT2D eigenvalue weighted by molar-refractivity contribution is 5.43. The maximum atomic E-state index is 5.96. The van der Waals surface area contributed by atoms with E-state index in [0.29, 0.717) is 0 Å². The summed E-state index contributed by atoms with van der Waals surface area (Å²) in [6.07, 6.45) is 1.95. The monoisotopic (exact) mass is 293 g/mol. The summed E-state index contributed by atoms with van der Waals surface area (Å²) in [4.78, 5) is 0. The van der Waals surface area contributed by atoms with Crippen LogP contribution in [-0.2, 0) is 4.74 Å². The van der Waals surface area contributed by atoms with Crippen LogP contribution in [-0.4, -0.2) is 26.4 Å². The molecule has 1 rings (SSSR count). The van der Waals surface area contributed by atoms with Gasteiger partial charge in [0.25, 0.3) is 0 Å². The molecule has 0 aliphatic carbocycles. The summed E-state index contributed by atoms with van der Waals surface area (Å²) >= 11 is 0. The number of methoxy groups -OCH3 is 2. The van der Waals surface area contributed by atoms with Gasteiger partial charge in [0.05, 0.1) is 18.8 Å². The molecule has 0 saturated carbocycles. The van der Waals surface area contributed by atoms with E-state index < -0.39 is 0 Å². The van der Waals surface area contributed by atoms with Gasteiger partial charge < -0.3 is 14.8 Å². The number of hydrogen-bond donors (Lipinski definition) is 1. The molecule has 1 N–H and O–H groups in total. The first kappa shape index (κ1) is 18.0. The van der Waals surface area contributed by atoms with Crippen molar-refractivity contribution in [2.45, 2.75) is 59.1 Å². The van der Waals surface area contributed by atoms with Crippen LogP contribution in [0, 0.1) is 13.8 Å². The standard InChI is InChI=1S/C18H31NO2/c1-8-18(9-2,21-7)17(19-10-3)15-11-14(5)16(20-6)12-13(15)4/h11-12,17,19H,8-10H2,1-7H3. The number of benzene rings is 1. The predicted molar refractivity (Wildman–Crippen MR) is 89.2 cm³/mol. The van der Waals surface area contributed by atoms with Crippen LogP contribution in [0.5, 0.6) is 5.75 Å². The van der Waals surface area contributed by atoms with Crippen LogP contribution in [0.3, 0.4) is 0 Å². The van der Waals surface area contributed by atoms with Crippen LogP contribution in [0.15, 0.2) is 12.1 Å². The van der Waals surface area contributed by atoms with Gasteiger partial charge >= 0.3 is 0 Å². The second-order valence-electron chi connectivity index (χ2n) is 5.65. The minimum atomic E-state index is -0.179. The average molecular weight is 293 g/mol. The Morgan fingerprint density at radius 1 is 1.05 bits per heavy atom. The Labute approximate surface area is 130 Å². The van der Waals surface area contributed by atoms with E-state index in [0.717, 1.165) is 25.1 Å². The van der Waals surface area contributed by atoms with Crippen molar-refractivity contribution in [3.63, 3.8) is 0 Å². The van der Waals surface area contributed by atoms with Gasteiger partial charge in [-0.1, -0.05) is 26.8 Å². The van der Waals surface area contributed by atoms with Gasteiger partial charge in [-0.05, 0) is 56.0 Å². The highest BCUT2D eigenvalue weighted by Crippen LogP contribution is 2.38. The smallest absolute Gasteiger partial charge is 0.122 e. The Bertz CT molecular complexity index is 445. The van der Waals surface area contributed by atoms with E-state index in [1.54, 1.807) is 7.11 Å². The van der Waals surface area contributed by atoms with Gasteiger partial charge in [0, 0.05) is 7.11 Å². The first-order chi connectivity index (χ1) is 9.99. The van der Waals surface area contributed by atoms with Crippen molar-refractivity contribution in [2.75, 3.05) is 20.8 Å². The Balaban J connectivity index is 3.38.